The van der Waals surface area contributed by atoms with E-state index in [1.807, 2.05) is 12.1 Å². The Labute approximate surface area is 114 Å². The van der Waals surface area contributed by atoms with Gasteiger partial charge in [-0.2, -0.15) is 4.98 Å². The molecule has 0 bridgehead atoms. The number of nitrogen functional groups attached to an aromatic ring is 1. The van der Waals surface area contributed by atoms with Gasteiger partial charge in [-0.3, -0.25) is 0 Å². The number of anilines is 2. The van der Waals surface area contributed by atoms with Gasteiger partial charge < -0.3 is 20.9 Å². The lowest BCUT2D eigenvalue weighted by atomic mass is 10.2. The van der Waals surface area contributed by atoms with E-state index in [9.17, 15) is 0 Å². The summed E-state index contributed by atoms with van der Waals surface area (Å²) in [6.45, 7) is 3.00. The molecule has 0 spiro atoms. The number of aliphatic hydroxyl groups excluding tert-OH is 1. The van der Waals surface area contributed by atoms with Crippen LogP contribution in [0.15, 0.2) is 12.1 Å². The molecule has 1 fully saturated rings. The van der Waals surface area contributed by atoms with E-state index in [1.165, 1.54) is 12.8 Å². The maximum Gasteiger partial charge on any atom is 0.239 e. The Balaban J connectivity index is 1.90. The summed E-state index contributed by atoms with van der Waals surface area (Å²) in [6.07, 6.45) is 4.18. The van der Waals surface area contributed by atoms with Gasteiger partial charge in [0.05, 0.1) is 12.3 Å². The highest BCUT2D eigenvalue weighted by atomic mass is 16.5. The highest BCUT2D eigenvalue weighted by Gasteiger charge is 2.22. The van der Waals surface area contributed by atoms with Crippen LogP contribution >= 0.6 is 0 Å². The largest absolute Gasteiger partial charge is 0.476 e. The van der Waals surface area contributed by atoms with Crippen LogP contribution in [0.4, 0.5) is 11.5 Å². The van der Waals surface area contributed by atoms with Crippen molar-refractivity contribution >= 4 is 11.5 Å². The molecule has 0 amide bonds. The van der Waals surface area contributed by atoms with Gasteiger partial charge in [-0.15, -0.1) is 0 Å². The minimum atomic E-state index is 0.219. The lowest BCUT2D eigenvalue weighted by Crippen LogP contribution is -2.17. The average molecular weight is 265 g/mol. The van der Waals surface area contributed by atoms with E-state index in [0.29, 0.717) is 24.1 Å². The molecule has 1 aromatic rings. The number of ether oxygens (including phenoxy) is 1. The zero-order chi connectivity index (χ0) is 13.7. The molecule has 1 aromatic heterocycles. The molecule has 0 aromatic carbocycles. The van der Waals surface area contributed by atoms with Gasteiger partial charge in [-0.05, 0) is 50.7 Å². The second-order valence-corrected chi connectivity index (χ2v) is 5.26. The Kier molecular flexibility index (Phi) is 4.85. The van der Waals surface area contributed by atoms with Crippen molar-refractivity contribution in [2.75, 3.05) is 24.3 Å². The zero-order valence-corrected chi connectivity index (χ0v) is 11.4. The number of aromatic nitrogens is 1. The average Bonchev–Trinajstić information content (AvgIpc) is 3.21. The summed E-state index contributed by atoms with van der Waals surface area (Å²) in [7, 11) is 0. The number of hydrogen-bond acceptors (Lipinski definition) is 5. The van der Waals surface area contributed by atoms with E-state index in [0.717, 1.165) is 18.7 Å². The Morgan fingerprint density at radius 1 is 1.53 bits per heavy atom. The molecule has 1 unspecified atom stereocenters. The molecule has 0 saturated heterocycles. The summed E-state index contributed by atoms with van der Waals surface area (Å²) in [4.78, 5) is 4.40. The van der Waals surface area contributed by atoms with E-state index >= 15 is 0 Å². The van der Waals surface area contributed by atoms with Crippen LogP contribution in [0.1, 0.15) is 32.6 Å². The van der Waals surface area contributed by atoms with Crippen molar-refractivity contribution in [3.63, 3.8) is 0 Å². The molecule has 0 aliphatic heterocycles. The molecule has 1 aliphatic rings. The van der Waals surface area contributed by atoms with Crippen molar-refractivity contribution in [3.05, 3.63) is 12.1 Å². The summed E-state index contributed by atoms with van der Waals surface area (Å²) in [5, 5.41) is 12.1. The number of hydrogen-bond donors (Lipinski definition) is 3. The Morgan fingerprint density at radius 2 is 2.32 bits per heavy atom. The van der Waals surface area contributed by atoms with Crippen molar-refractivity contribution in [1.29, 1.82) is 0 Å². The van der Waals surface area contributed by atoms with Crippen LogP contribution in [0.5, 0.6) is 5.88 Å². The van der Waals surface area contributed by atoms with Crippen LogP contribution in [0.3, 0.4) is 0 Å². The second-order valence-electron chi connectivity index (χ2n) is 5.26. The van der Waals surface area contributed by atoms with Gasteiger partial charge in [-0.1, -0.05) is 0 Å². The Hall–Kier alpha value is -1.49. The first-order chi connectivity index (χ1) is 9.19. The highest BCUT2D eigenvalue weighted by Crippen LogP contribution is 2.30. The fraction of sp³-hybridized carbons (Fsp3) is 0.643. The van der Waals surface area contributed by atoms with Crippen molar-refractivity contribution in [3.8, 4) is 5.88 Å². The number of aliphatic hydroxyl groups is 1. The summed E-state index contributed by atoms with van der Waals surface area (Å²) in [5.74, 6) is 1.97. The summed E-state index contributed by atoms with van der Waals surface area (Å²) >= 11 is 0. The molecule has 4 N–H and O–H groups in total. The smallest absolute Gasteiger partial charge is 0.239 e. The van der Waals surface area contributed by atoms with Crippen molar-refractivity contribution in [1.82, 2.24) is 4.98 Å². The van der Waals surface area contributed by atoms with Gasteiger partial charge in [0, 0.05) is 12.6 Å². The zero-order valence-electron chi connectivity index (χ0n) is 11.4. The summed E-state index contributed by atoms with van der Waals surface area (Å²) in [5.41, 5.74) is 6.44. The van der Waals surface area contributed by atoms with Crippen LogP contribution in [0, 0.1) is 5.92 Å². The number of nitrogens with one attached hydrogen (secondary N) is 1. The molecule has 1 saturated carbocycles. The minimum Gasteiger partial charge on any atom is -0.476 e. The number of nitrogens with two attached hydrogens (primary N) is 1. The van der Waals surface area contributed by atoms with E-state index in [4.69, 9.17) is 15.6 Å². The van der Waals surface area contributed by atoms with Crippen LogP contribution in [0.2, 0.25) is 0 Å². The van der Waals surface area contributed by atoms with Crippen LogP contribution in [0.25, 0.3) is 0 Å². The van der Waals surface area contributed by atoms with Gasteiger partial charge in [-0.25, -0.2) is 0 Å². The molecule has 5 heteroatoms. The van der Waals surface area contributed by atoms with E-state index in [1.54, 1.807) is 0 Å². The third-order valence-corrected chi connectivity index (χ3v) is 3.23. The van der Waals surface area contributed by atoms with E-state index in [-0.39, 0.29) is 12.6 Å². The van der Waals surface area contributed by atoms with Crippen LogP contribution < -0.4 is 15.8 Å². The quantitative estimate of drug-likeness (QED) is 0.670. The number of pyridine rings is 1. The molecule has 5 nitrogen and oxygen atoms in total. The van der Waals surface area contributed by atoms with Crippen LogP contribution in [-0.2, 0) is 0 Å². The standard InChI is InChI=1S/C14H23N3O2/c1-10(3-2-8-18)16-13-7-6-12(15)14(17-13)19-9-11-4-5-11/h6-7,10-11,18H,2-5,8-9,15H2,1H3,(H,16,17). The first-order valence-corrected chi connectivity index (χ1v) is 6.95. The highest BCUT2D eigenvalue weighted by molar-refractivity contribution is 5.53. The Morgan fingerprint density at radius 3 is 3.00 bits per heavy atom. The molecule has 1 aliphatic carbocycles. The SMILES string of the molecule is CC(CCCO)Nc1ccc(N)c(OCC2CC2)n1. The van der Waals surface area contributed by atoms with E-state index < -0.39 is 0 Å². The summed E-state index contributed by atoms with van der Waals surface area (Å²) < 4.78 is 5.65. The molecular formula is C14H23N3O2. The predicted molar refractivity (Wildman–Crippen MR) is 76.3 cm³/mol. The molecule has 0 radical (unpaired) electrons. The number of rotatable bonds is 8. The maximum absolute atomic E-state index is 8.81. The monoisotopic (exact) mass is 265 g/mol. The Bertz CT molecular complexity index is 408. The molecule has 1 atom stereocenters. The predicted octanol–water partition coefficient (Wildman–Crippen LogP) is 2.03. The topological polar surface area (TPSA) is 80.4 Å². The van der Waals surface area contributed by atoms with Gasteiger partial charge in [0.2, 0.25) is 5.88 Å². The third kappa shape index (κ3) is 4.59. The van der Waals surface area contributed by atoms with Gasteiger partial charge >= 0.3 is 0 Å². The van der Waals surface area contributed by atoms with Crippen LogP contribution in [-0.4, -0.2) is 29.3 Å². The van der Waals surface area contributed by atoms with Crippen molar-refractivity contribution in [2.45, 2.75) is 38.6 Å². The van der Waals surface area contributed by atoms with Gasteiger partial charge in [0.25, 0.3) is 0 Å². The minimum absolute atomic E-state index is 0.219. The molecule has 19 heavy (non-hydrogen) atoms. The fourth-order valence-corrected chi connectivity index (χ4v) is 1.85. The van der Waals surface area contributed by atoms with Crippen molar-refractivity contribution < 1.29 is 9.84 Å². The second kappa shape index (κ2) is 6.61. The normalized spacial score (nSPS) is 16.1. The molecule has 106 valence electrons. The maximum atomic E-state index is 8.81. The fourth-order valence-electron chi connectivity index (χ4n) is 1.85. The molecule has 2 rings (SSSR count). The van der Waals surface area contributed by atoms with Gasteiger partial charge in [0.1, 0.15) is 5.82 Å². The first kappa shape index (κ1) is 13.9. The molecule has 1 heterocycles. The third-order valence-electron chi connectivity index (χ3n) is 3.23. The molecular weight excluding hydrogens is 242 g/mol. The van der Waals surface area contributed by atoms with Crippen molar-refractivity contribution in [2.24, 2.45) is 5.92 Å². The first-order valence-electron chi connectivity index (χ1n) is 6.95. The van der Waals surface area contributed by atoms with Gasteiger partial charge in [0.15, 0.2) is 0 Å². The summed E-state index contributed by atoms with van der Waals surface area (Å²) in [6, 6.07) is 3.94. The van der Waals surface area contributed by atoms with E-state index in [2.05, 4.69) is 17.2 Å². The lowest BCUT2D eigenvalue weighted by molar-refractivity contribution is 0.282. The lowest BCUT2D eigenvalue weighted by Gasteiger charge is -2.15. The number of nitrogens with zero attached hydrogens (tertiary/aromatic N) is 1.